The van der Waals surface area contributed by atoms with Crippen LogP contribution >= 0.6 is 15.9 Å². The number of hydrogen-bond acceptors (Lipinski definition) is 2. The first-order chi connectivity index (χ1) is 7.15. The second-order valence-electron chi connectivity index (χ2n) is 3.40. The molecule has 0 saturated carbocycles. The van der Waals surface area contributed by atoms with Gasteiger partial charge in [-0.15, -0.1) is 6.58 Å². The SMILES string of the molecule is C=CCCOc1cc(Br)ccc1[C@H](C)N. The van der Waals surface area contributed by atoms with Crippen LogP contribution in [0.5, 0.6) is 5.75 Å². The molecule has 0 aromatic heterocycles. The minimum atomic E-state index is -0.0168. The summed E-state index contributed by atoms with van der Waals surface area (Å²) < 4.78 is 6.64. The first-order valence-electron chi connectivity index (χ1n) is 4.94. The third-order valence-corrected chi connectivity index (χ3v) is 2.54. The van der Waals surface area contributed by atoms with Crippen molar-refractivity contribution in [3.05, 3.63) is 40.9 Å². The van der Waals surface area contributed by atoms with E-state index in [2.05, 4.69) is 22.5 Å². The summed E-state index contributed by atoms with van der Waals surface area (Å²) in [6.07, 6.45) is 2.68. The van der Waals surface area contributed by atoms with Crippen molar-refractivity contribution in [2.75, 3.05) is 6.61 Å². The van der Waals surface area contributed by atoms with Crippen molar-refractivity contribution >= 4 is 15.9 Å². The largest absolute Gasteiger partial charge is 0.493 e. The Morgan fingerprint density at radius 2 is 2.33 bits per heavy atom. The van der Waals surface area contributed by atoms with Gasteiger partial charge >= 0.3 is 0 Å². The smallest absolute Gasteiger partial charge is 0.125 e. The van der Waals surface area contributed by atoms with E-state index >= 15 is 0 Å². The van der Waals surface area contributed by atoms with Gasteiger partial charge in [-0.2, -0.15) is 0 Å². The molecule has 15 heavy (non-hydrogen) atoms. The average molecular weight is 270 g/mol. The zero-order valence-electron chi connectivity index (χ0n) is 8.87. The summed E-state index contributed by atoms with van der Waals surface area (Å²) in [5, 5.41) is 0. The number of halogens is 1. The zero-order valence-corrected chi connectivity index (χ0v) is 10.5. The van der Waals surface area contributed by atoms with Crippen LogP contribution in [0.3, 0.4) is 0 Å². The van der Waals surface area contributed by atoms with Gasteiger partial charge in [-0.1, -0.05) is 28.1 Å². The van der Waals surface area contributed by atoms with Gasteiger partial charge in [0.1, 0.15) is 5.75 Å². The monoisotopic (exact) mass is 269 g/mol. The van der Waals surface area contributed by atoms with Crippen molar-refractivity contribution in [2.24, 2.45) is 5.73 Å². The van der Waals surface area contributed by atoms with Gasteiger partial charge in [-0.25, -0.2) is 0 Å². The van der Waals surface area contributed by atoms with Crippen molar-refractivity contribution in [2.45, 2.75) is 19.4 Å². The average Bonchev–Trinajstić information content (AvgIpc) is 2.18. The highest BCUT2D eigenvalue weighted by molar-refractivity contribution is 9.10. The normalized spacial score (nSPS) is 12.2. The third-order valence-electron chi connectivity index (χ3n) is 2.05. The zero-order chi connectivity index (χ0) is 11.3. The molecule has 2 N–H and O–H groups in total. The number of rotatable bonds is 5. The first kappa shape index (κ1) is 12.3. The predicted molar refractivity (Wildman–Crippen MR) is 67.1 cm³/mol. The summed E-state index contributed by atoms with van der Waals surface area (Å²) in [7, 11) is 0. The van der Waals surface area contributed by atoms with Crippen molar-refractivity contribution in [3.8, 4) is 5.75 Å². The molecule has 0 radical (unpaired) electrons. The lowest BCUT2D eigenvalue weighted by Crippen LogP contribution is -2.08. The summed E-state index contributed by atoms with van der Waals surface area (Å²) in [5.41, 5.74) is 6.88. The van der Waals surface area contributed by atoms with Crippen LogP contribution in [0.1, 0.15) is 24.9 Å². The van der Waals surface area contributed by atoms with Gasteiger partial charge in [-0.3, -0.25) is 0 Å². The van der Waals surface area contributed by atoms with Crippen LogP contribution in [-0.4, -0.2) is 6.61 Å². The quantitative estimate of drug-likeness (QED) is 0.657. The summed E-state index contributed by atoms with van der Waals surface area (Å²) in [6, 6.07) is 5.88. The molecule has 0 aliphatic carbocycles. The minimum absolute atomic E-state index is 0.0168. The van der Waals surface area contributed by atoms with E-state index in [1.54, 1.807) is 0 Å². The van der Waals surface area contributed by atoms with Gasteiger partial charge in [0.05, 0.1) is 6.61 Å². The van der Waals surface area contributed by atoms with E-state index < -0.39 is 0 Å². The predicted octanol–water partition coefficient (Wildman–Crippen LogP) is 3.42. The molecule has 0 unspecified atom stereocenters. The Balaban J connectivity index is 2.82. The molecule has 0 aliphatic heterocycles. The van der Waals surface area contributed by atoms with Gasteiger partial charge < -0.3 is 10.5 Å². The fraction of sp³-hybridized carbons (Fsp3) is 0.333. The van der Waals surface area contributed by atoms with Gasteiger partial charge in [-0.05, 0) is 25.5 Å². The molecule has 82 valence electrons. The molecule has 2 nitrogen and oxygen atoms in total. The standard InChI is InChI=1S/C12H16BrNO/c1-3-4-7-15-12-8-10(13)5-6-11(12)9(2)14/h3,5-6,8-9H,1,4,7,14H2,2H3/t9-/m0/s1. The van der Waals surface area contributed by atoms with Gasteiger partial charge in [0.2, 0.25) is 0 Å². The Labute approximate surface area is 99.3 Å². The Hall–Kier alpha value is -0.800. The molecule has 0 saturated heterocycles. The summed E-state index contributed by atoms with van der Waals surface area (Å²) in [5.74, 6) is 0.848. The highest BCUT2D eigenvalue weighted by atomic mass is 79.9. The van der Waals surface area contributed by atoms with E-state index in [-0.39, 0.29) is 6.04 Å². The van der Waals surface area contributed by atoms with Crippen molar-refractivity contribution in [1.29, 1.82) is 0 Å². The summed E-state index contributed by atoms with van der Waals surface area (Å²) >= 11 is 3.41. The molecule has 0 aliphatic rings. The number of ether oxygens (including phenoxy) is 1. The maximum Gasteiger partial charge on any atom is 0.125 e. The van der Waals surface area contributed by atoms with E-state index in [1.165, 1.54) is 0 Å². The summed E-state index contributed by atoms with van der Waals surface area (Å²) in [4.78, 5) is 0. The molecule has 1 aromatic carbocycles. The second kappa shape index (κ2) is 5.93. The topological polar surface area (TPSA) is 35.2 Å². The second-order valence-corrected chi connectivity index (χ2v) is 4.31. The minimum Gasteiger partial charge on any atom is -0.493 e. The third kappa shape index (κ3) is 3.68. The van der Waals surface area contributed by atoms with Crippen LogP contribution in [0.25, 0.3) is 0 Å². The fourth-order valence-corrected chi connectivity index (χ4v) is 1.60. The molecule has 0 bridgehead atoms. The lowest BCUT2D eigenvalue weighted by Gasteiger charge is -2.13. The van der Waals surface area contributed by atoms with Crippen molar-refractivity contribution in [1.82, 2.24) is 0 Å². The van der Waals surface area contributed by atoms with Gasteiger partial charge in [0.25, 0.3) is 0 Å². The van der Waals surface area contributed by atoms with Crippen LogP contribution in [0.4, 0.5) is 0 Å². The molecule has 1 aromatic rings. The van der Waals surface area contributed by atoms with Crippen LogP contribution in [0.2, 0.25) is 0 Å². The highest BCUT2D eigenvalue weighted by Gasteiger charge is 2.08. The van der Waals surface area contributed by atoms with Crippen molar-refractivity contribution < 1.29 is 4.74 Å². The molecular formula is C12H16BrNO. The van der Waals surface area contributed by atoms with E-state index in [4.69, 9.17) is 10.5 Å². The Kier molecular flexibility index (Phi) is 4.85. The lowest BCUT2D eigenvalue weighted by atomic mass is 10.1. The van der Waals surface area contributed by atoms with E-state index in [0.29, 0.717) is 6.61 Å². The maximum absolute atomic E-state index is 5.85. The lowest BCUT2D eigenvalue weighted by molar-refractivity contribution is 0.320. The van der Waals surface area contributed by atoms with Crippen LogP contribution in [-0.2, 0) is 0 Å². The molecule has 1 atom stereocenters. The fourth-order valence-electron chi connectivity index (χ4n) is 1.26. The molecule has 1 rings (SSSR count). The molecule has 0 heterocycles. The van der Waals surface area contributed by atoms with Crippen LogP contribution in [0.15, 0.2) is 35.3 Å². The van der Waals surface area contributed by atoms with E-state index in [9.17, 15) is 0 Å². The molecular weight excluding hydrogens is 254 g/mol. The van der Waals surface area contributed by atoms with E-state index in [0.717, 1.165) is 22.2 Å². The Morgan fingerprint density at radius 3 is 2.93 bits per heavy atom. The number of benzene rings is 1. The maximum atomic E-state index is 5.85. The molecule has 0 fully saturated rings. The van der Waals surface area contributed by atoms with Crippen LogP contribution in [0, 0.1) is 0 Å². The molecule has 0 spiro atoms. The first-order valence-corrected chi connectivity index (χ1v) is 5.73. The van der Waals surface area contributed by atoms with Gasteiger partial charge in [0, 0.05) is 16.1 Å². The van der Waals surface area contributed by atoms with Crippen LogP contribution < -0.4 is 10.5 Å². The Morgan fingerprint density at radius 1 is 1.60 bits per heavy atom. The molecule has 3 heteroatoms. The van der Waals surface area contributed by atoms with E-state index in [1.807, 2.05) is 31.2 Å². The number of hydrogen-bond donors (Lipinski definition) is 1. The number of nitrogens with two attached hydrogens (primary N) is 1. The molecule has 0 amide bonds. The summed E-state index contributed by atoms with van der Waals surface area (Å²) in [6.45, 7) is 6.24. The highest BCUT2D eigenvalue weighted by Crippen LogP contribution is 2.27. The van der Waals surface area contributed by atoms with Crippen molar-refractivity contribution in [3.63, 3.8) is 0 Å². The Bertz CT molecular complexity index is 336. The van der Waals surface area contributed by atoms with Gasteiger partial charge in [0.15, 0.2) is 0 Å².